The zero-order valence-corrected chi connectivity index (χ0v) is 13.5. The largest absolute Gasteiger partial charge is 0.494 e. The lowest BCUT2D eigenvalue weighted by Crippen LogP contribution is -2.39. The number of rotatable bonds is 5. The summed E-state index contributed by atoms with van der Waals surface area (Å²) in [4.78, 5) is 12.1. The predicted octanol–water partition coefficient (Wildman–Crippen LogP) is 2.08. The van der Waals surface area contributed by atoms with E-state index in [0.29, 0.717) is 11.4 Å². The van der Waals surface area contributed by atoms with Gasteiger partial charge in [-0.15, -0.1) is 10.2 Å². The third-order valence-corrected chi connectivity index (χ3v) is 3.50. The highest BCUT2D eigenvalue weighted by molar-refractivity contribution is 5.74. The molecule has 0 spiro atoms. The molecular formula is C15H20FN5O2. The molecule has 8 heteroatoms. The summed E-state index contributed by atoms with van der Waals surface area (Å²) in [5.74, 6) is 0.344. The van der Waals surface area contributed by atoms with Gasteiger partial charge in [0.1, 0.15) is 6.33 Å². The molecule has 2 N–H and O–H groups in total. The van der Waals surface area contributed by atoms with Gasteiger partial charge < -0.3 is 19.9 Å². The summed E-state index contributed by atoms with van der Waals surface area (Å²) in [5, 5.41) is 13.2. The summed E-state index contributed by atoms with van der Waals surface area (Å²) >= 11 is 0. The van der Waals surface area contributed by atoms with Crippen molar-refractivity contribution < 1.29 is 13.9 Å². The van der Waals surface area contributed by atoms with Gasteiger partial charge in [-0.1, -0.05) is 6.07 Å². The Morgan fingerprint density at radius 1 is 1.30 bits per heavy atom. The number of aromatic nitrogens is 3. The molecule has 1 aromatic carbocycles. The SMILES string of the molecule is COc1ccc([C@@H](C)NC(=O)N[C@@H](C)c2nncn2C)cc1F. The zero-order chi connectivity index (χ0) is 17.0. The van der Waals surface area contributed by atoms with E-state index < -0.39 is 5.82 Å². The van der Waals surface area contributed by atoms with Crippen molar-refractivity contribution in [2.75, 3.05) is 7.11 Å². The number of benzene rings is 1. The Bertz CT molecular complexity index is 688. The fraction of sp³-hybridized carbons (Fsp3) is 0.400. The molecule has 1 aromatic heterocycles. The normalized spacial score (nSPS) is 13.3. The van der Waals surface area contributed by atoms with Crippen LogP contribution in [0.15, 0.2) is 24.5 Å². The van der Waals surface area contributed by atoms with Crippen LogP contribution in [0.4, 0.5) is 9.18 Å². The van der Waals surface area contributed by atoms with Crippen molar-refractivity contribution in [1.29, 1.82) is 0 Å². The van der Waals surface area contributed by atoms with E-state index in [4.69, 9.17) is 4.74 Å². The van der Waals surface area contributed by atoms with Crippen LogP contribution in [-0.2, 0) is 7.05 Å². The third kappa shape index (κ3) is 3.97. The van der Waals surface area contributed by atoms with E-state index in [0.717, 1.165) is 0 Å². The topological polar surface area (TPSA) is 81.1 Å². The van der Waals surface area contributed by atoms with Crippen LogP contribution in [0.2, 0.25) is 0 Å². The number of hydrogen-bond acceptors (Lipinski definition) is 4. The van der Waals surface area contributed by atoms with E-state index in [1.807, 2.05) is 0 Å². The molecule has 0 bridgehead atoms. The number of methoxy groups -OCH3 is 1. The van der Waals surface area contributed by atoms with Crippen molar-refractivity contribution in [3.63, 3.8) is 0 Å². The maximum Gasteiger partial charge on any atom is 0.315 e. The molecule has 1 heterocycles. The highest BCUT2D eigenvalue weighted by Crippen LogP contribution is 2.21. The molecule has 0 saturated carbocycles. The second-order valence-corrected chi connectivity index (χ2v) is 5.26. The van der Waals surface area contributed by atoms with Crippen molar-refractivity contribution in [3.8, 4) is 5.75 Å². The number of aryl methyl sites for hydroxylation is 1. The monoisotopic (exact) mass is 321 g/mol. The first kappa shape index (κ1) is 16.7. The van der Waals surface area contributed by atoms with Gasteiger partial charge >= 0.3 is 6.03 Å². The molecule has 2 amide bonds. The summed E-state index contributed by atoms with van der Waals surface area (Å²) in [6.45, 7) is 3.58. The minimum absolute atomic E-state index is 0.168. The molecule has 0 saturated heterocycles. The average molecular weight is 321 g/mol. The fourth-order valence-electron chi connectivity index (χ4n) is 2.22. The molecule has 0 unspecified atom stereocenters. The second-order valence-electron chi connectivity index (χ2n) is 5.26. The van der Waals surface area contributed by atoms with Crippen molar-refractivity contribution in [2.45, 2.75) is 25.9 Å². The maximum atomic E-state index is 13.7. The summed E-state index contributed by atoms with van der Waals surface area (Å²) in [6, 6.07) is 3.55. The lowest BCUT2D eigenvalue weighted by atomic mass is 10.1. The minimum atomic E-state index is -0.466. The first-order valence-electron chi connectivity index (χ1n) is 7.16. The van der Waals surface area contributed by atoms with Gasteiger partial charge in [-0.3, -0.25) is 0 Å². The molecule has 0 fully saturated rings. The molecule has 124 valence electrons. The van der Waals surface area contributed by atoms with Crippen LogP contribution in [-0.4, -0.2) is 27.9 Å². The van der Waals surface area contributed by atoms with E-state index in [1.54, 1.807) is 37.9 Å². The van der Waals surface area contributed by atoms with Crippen LogP contribution in [0.5, 0.6) is 5.75 Å². The first-order valence-corrected chi connectivity index (χ1v) is 7.16. The number of hydrogen-bond donors (Lipinski definition) is 2. The van der Waals surface area contributed by atoms with Crippen molar-refractivity contribution in [3.05, 3.63) is 41.7 Å². The zero-order valence-electron chi connectivity index (χ0n) is 13.5. The fourth-order valence-corrected chi connectivity index (χ4v) is 2.22. The summed E-state index contributed by atoms with van der Waals surface area (Å²) in [5.41, 5.74) is 0.643. The molecular weight excluding hydrogens is 301 g/mol. The lowest BCUT2D eigenvalue weighted by Gasteiger charge is -2.18. The van der Waals surface area contributed by atoms with E-state index in [9.17, 15) is 9.18 Å². The number of urea groups is 1. The predicted molar refractivity (Wildman–Crippen MR) is 82.5 cm³/mol. The number of ether oxygens (including phenoxy) is 1. The maximum absolute atomic E-state index is 13.7. The van der Waals surface area contributed by atoms with Crippen LogP contribution >= 0.6 is 0 Å². The van der Waals surface area contributed by atoms with Crippen molar-refractivity contribution in [2.24, 2.45) is 7.05 Å². The molecule has 7 nitrogen and oxygen atoms in total. The van der Waals surface area contributed by atoms with Gasteiger partial charge in [-0.05, 0) is 31.5 Å². The van der Waals surface area contributed by atoms with E-state index in [2.05, 4.69) is 20.8 Å². The highest BCUT2D eigenvalue weighted by Gasteiger charge is 2.16. The van der Waals surface area contributed by atoms with Gasteiger partial charge in [-0.25, -0.2) is 9.18 Å². The van der Waals surface area contributed by atoms with E-state index in [-0.39, 0.29) is 23.9 Å². The molecule has 0 radical (unpaired) electrons. The number of carbonyl (C=O) groups is 1. The Morgan fingerprint density at radius 3 is 2.57 bits per heavy atom. The Balaban J connectivity index is 1.97. The van der Waals surface area contributed by atoms with Crippen LogP contribution in [0.25, 0.3) is 0 Å². The van der Waals surface area contributed by atoms with Crippen LogP contribution in [0.3, 0.4) is 0 Å². The Kier molecular flexibility index (Phi) is 5.15. The molecule has 2 aromatic rings. The van der Waals surface area contributed by atoms with Gasteiger partial charge in [0, 0.05) is 7.05 Å². The van der Waals surface area contributed by atoms with Gasteiger partial charge in [0.15, 0.2) is 17.4 Å². The molecule has 0 aliphatic carbocycles. The van der Waals surface area contributed by atoms with Crippen LogP contribution in [0.1, 0.15) is 37.3 Å². The molecule has 0 aliphatic rings. The molecule has 2 atom stereocenters. The van der Waals surface area contributed by atoms with Crippen LogP contribution < -0.4 is 15.4 Å². The number of nitrogens with zero attached hydrogens (tertiary/aromatic N) is 3. The summed E-state index contributed by atoms with van der Waals surface area (Å²) in [6.07, 6.45) is 1.56. The standard InChI is InChI=1S/C15H20FN5O2/c1-9(11-5-6-13(23-4)12(16)7-11)18-15(22)19-10(2)14-20-17-8-21(14)3/h5-10H,1-4H3,(H2,18,19,22)/t9-,10+/m1/s1. The third-order valence-electron chi connectivity index (χ3n) is 3.50. The smallest absolute Gasteiger partial charge is 0.315 e. The van der Waals surface area contributed by atoms with Gasteiger partial charge in [-0.2, -0.15) is 0 Å². The minimum Gasteiger partial charge on any atom is -0.494 e. The van der Waals surface area contributed by atoms with Gasteiger partial charge in [0.25, 0.3) is 0 Å². The number of nitrogens with one attached hydrogen (secondary N) is 2. The van der Waals surface area contributed by atoms with Crippen molar-refractivity contribution in [1.82, 2.24) is 25.4 Å². The Labute approximate surface area is 133 Å². The number of halogens is 1. The number of amides is 2. The number of carbonyl (C=O) groups excluding carboxylic acids is 1. The molecule has 2 rings (SSSR count). The Hall–Kier alpha value is -2.64. The molecule has 23 heavy (non-hydrogen) atoms. The van der Waals surface area contributed by atoms with Gasteiger partial charge in [0.05, 0.1) is 19.2 Å². The summed E-state index contributed by atoms with van der Waals surface area (Å²) in [7, 11) is 3.20. The first-order chi connectivity index (χ1) is 10.9. The molecule has 0 aliphatic heterocycles. The highest BCUT2D eigenvalue weighted by atomic mass is 19.1. The van der Waals surface area contributed by atoms with E-state index in [1.165, 1.54) is 19.2 Å². The van der Waals surface area contributed by atoms with Gasteiger partial charge in [0.2, 0.25) is 0 Å². The lowest BCUT2D eigenvalue weighted by molar-refractivity contribution is 0.234. The quantitative estimate of drug-likeness (QED) is 0.883. The Morgan fingerprint density at radius 2 is 2.00 bits per heavy atom. The summed E-state index contributed by atoms with van der Waals surface area (Å²) < 4.78 is 20.3. The average Bonchev–Trinajstić information content (AvgIpc) is 2.93. The van der Waals surface area contributed by atoms with E-state index >= 15 is 0 Å². The van der Waals surface area contributed by atoms with Crippen LogP contribution in [0, 0.1) is 5.82 Å². The second kappa shape index (κ2) is 7.08. The van der Waals surface area contributed by atoms with Crippen molar-refractivity contribution >= 4 is 6.03 Å².